The summed E-state index contributed by atoms with van der Waals surface area (Å²) in [4.78, 5) is 0. The van der Waals surface area contributed by atoms with Gasteiger partial charge >= 0.3 is 0 Å². The third kappa shape index (κ3) is 5.46. The van der Waals surface area contributed by atoms with Gasteiger partial charge in [0.25, 0.3) is 0 Å². The van der Waals surface area contributed by atoms with E-state index in [0.29, 0.717) is 44.3 Å². The molecule has 0 aliphatic rings. The number of benzene rings is 3. The van der Waals surface area contributed by atoms with Gasteiger partial charge in [0.05, 0.1) is 28.8 Å². The topological polar surface area (TPSA) is 42.2 Å². The van der Waals surface area contributed by atoms with Crippen LogP contribution in [0.5, 0.6) is 11.5 Å². The molecule has 0 aromatic heterocycles. The molecular weight excluding hydrogens is 429 g/mol. The summed E-state index contributed by atoms with van der Waals surface area (Å²) >= 11 is 17.9. The number of hydrogen-bond donors (Lipinski definition) is 0. The number of nitrogens with zero attached hydrogens (tertiary/aromatic N) is 1. The van der Waals surface area contributed by atoms with E-state index in [1.54, 1.807) is 31.4 Å². The van der Waals surface area contributed by atoms with Crippen LogP contribution in [-0.4, -0.2) is 7.11 Å². The Bertz CT molecular complexity index is 1090. The Balaban J connectivity index is 1.83. The Morgan fingerprint density at radius 3 is 2.34 bits per heavy atom. The quantitative estimate of drug-likeness (QED) is 0.296. The van der Waals surface area contributed by atoms with Gasteiger partial charge in [-0.15, -0.1) is 0 Å². The van der Waals surface area contributed by atoms with Gasteiger partial charge in [-0.1, -0.05) is 59.1 Å². The Kier molecular flexibility index (Phi) is 7.06. The van der Waals surface area contributed by atoms with E-state index in [9.17, 15) is 5.26 Å². The maximum Gasteiger partial charge on any atom is 0.161 e. The molecule has 0 atom stereocenters. The summed E-state index contributed by atoms with van der Waals surface area (Å²) in [5, 5.41) is 11.1. The van der Waals surface area contributed by atoms with Crippen molar-refractivity contribution in [1.82, 2.24) is 0 Å². The van der Waals surface area contributed by atoms with Gasteiger partial charge in [-0.25, -0.2) is 0 Å². The summed E-state index contributed by atoms with van der Waals surface area (Å²) in [7, 11) is 1.57. The van der Waals surface area contributed by atoms with Gasteiger partial charge in [0.2, 0.25) is 0 Å². The molecule has 3 rings (SSSR count). The number of halogens is 3. The Labute approximate surface area is 184 Å². The number of rotatable bonds is 6. The van der Waals surface area contributed by atoms with Crippen LogP contribution in [0.25, 0.3) is 11.6 Å². The molecule has 3 aromatic carbocycles. The predicted molar refractivity (Wildman–Crippen MR) is 119 cm³/mol. The third-order valence-electron chi connectivity index (χ3n) is 4.16. The second kappa shape index (κ2) is 9.71. The van der Waals surface area contributed by atoms with E-state index in [4.69, 9.17) is 44.3 Å². The highest BCUT2D eigenvalue weighted by Gasteiger charge is 2.08. The van der Waals surface area contributed by atoms with Gasteiger partial charge in [-0.05, 0) is 59.2 Å². The minimum absolute atomic E-state index is 0.384. The zero-order valence-electron chi connectivity index (χ0n) is 15.5. The SMILES string of the molecule is COc1cc(/C=C(/C#N)c2ccc(Cl)c(Cl)c2)ccc1OCc1ccc(Cl)cc1. The monoisotopic (exact) mass is 443 g/mol. The predicted octanol–water partition coefficient (Wildman–Crippen LogP) is 7.30. The molecule has 0 fully saturated rings. The van der Waals surface area contributed by atoms with Crippen molar-refractivity contribution >= 4 is 46.5 Å². The van der Waals surface area contributed by atoms with Crippen LogP contribution in [0.15, 0.2) is 60.7 Å². The van der Waals surface area contributed by atoms with E-state index >= 15 is 0 Å². The molecule has 0 radical (unpaired) electrons. The molecule has 0 spiro atoms. The molecule has 0 unspecified atom stereocenters. The smallest absolute Gasteiger partial charge is 0.161 e. The molecule has 0 saturated carbocycles. The molecule has 146 valence electrons. The minimum Gasteiger partial charge on any atom is -0.493 e. The maximum atomic E-state index is 9.55. The van der Waals surface area contributed by atoms with Crippen LogP contribution in [0.4, 0.5) is 0 Å². The van der Waals surface area contributed by atoms with Gasteiger partial charge in [0.1, 0.15) is 6.61 Å². The minimum atomic E-state index is 0.384. The van der Waals surface area contributed by atoms with E-state index in [0.717, 1.165) is 11.1 Å². The van der Waals surface area contributed by atoms with Gasteiger partial charge in [0.15, 0.2) is 11.5 Å². The average Bonchev–Trinajstić information content (AvgIpc) is 2.74. The molecule has 0 heterocycles. The van der Waals surface area contributed by atoms with Crippen molar-refractivity contribution in [3.05, 3.63) is 92.4 Å². The standard InChI is InChI=1S/C23H16Cl3NO2/c1-28-23-11-16(10-18(13-27)17-5-8-20(25)21(26)12-17)4-9-22(23)29-14-15-2-6-19(24)7-3-15/h2-12H,14H2,1H3/b18-10-. The van der Waals surface area contributed by atoms with Crippen molar-refractivity contribution in [1.29, 1.82) is 5.26 Å². The second-order valence-corrected chi connectivity index (χ2v) is 7.37. The van der Waals surface area contributed by atoms with Crippen molar-refractivity contribution in [2.24, 2.45) is 0 Å². The zero-order valence-corrected chi connectivity index (χ0v) is 17.7. The van der Waals surface area contributed by atoms with Gasteiger partial charge in [-0.2, -0.15) is 5.26 Å². The number of hydrogen-bond acceptors (Lipinski definition) is 3. The average molecular weight is 445 g/mol. The van der Waals surface area contributed by atoms with Crippen molar-refractivity contribution in [3.8, 4) is 17.6 Å². The highest BCUT2D eigenvalue weighted by Crippen LogP contribution is 2.31. The lowest BCUT2D eigenvalue weighted by Crippen LogP contribution is -1.98. The summed E-state index contributed by atoms with van der Waals surface area (Å²) in [6.45, 7) is 0.384. The van der Waals surface area contributed by atoms with Crippen LogP contribution >= 0.6 is 34.8 Å². The highest BCUT2D eigenvalue weighted by molar-refractivity contribution is 6.42. The Hall–Kier alpha value is -2.64. The fourth-order valence-corrected chi connectivity index (χ4v) is 3.07. The summed E-state index contributed by atoms with van der Waals surface area (Å²) in [6.07, 6.45) is 1.76. The Morgan fingerprint density at radius 1 is 0.931 bits per heavy atom. The van der Waals surface area contributed by atoms with E-state index in [2.05, 4.69) is 6.07 Å². The summed E-state index contributed by atoms with van der Waals surface area (Å²) in [5.41, 5.74) is 2.93. The molecule has 0 saturated heterocycles. The van der Waals surface area contributed by atoms with E-state index < -0.39 is 0 Å². The number of allylic oxidation sites excluding steroid dienone is 1. The van der Waals surface area contributed by atoms with Crippen molar-refractivity contribution < 1.29 is 9.47 Å². The van der Waals surface area contributed by atoms with Crippen LogP contribution in [0.3, 0.4) is 0 Å². The van der Waals surface area contributed by atoms with Crippen LogP contribution < -0.4 is 9.47 Å². The van der Waals surface area contributed by atoms with E-state index in [1.165, 1.54) is 0 Å². The van der Waals surface area contributed by atoms with Crippen molar-refractivity contribution in [2.45, 2.75) is 6.61 Å². The lowest BCUT2D eigenvalue weighted by atomic mass is 10.0. The molecular formula is C23H16Cl3NO2. The highest BCUT2D eigenvalue weighted by atomic mass is 35.5. The first-order chi connectivity index (χ1) is 14.0. The third-order valence-corrected chi connectivity index (χ3v) is 5.15. The fraction of sp³-hybridized carbons (Fsp3) is 0.0870. The summed E-state index contributed by atoms with van der Waals surface area (Å²) in [6, 6.07) is 20.2. The maximum absolute atomic E-state index is 9.55. The molecule has 0 aliphatic heterocycles. The normalized spacial score (nSPS) is 11.1. The van der Waals surface area contributed by atoms with Gasteiger partial charge < -0.3 is 9.47 Å². The largest absolute Gasteiger partial charge is 0.493 e. The summed E-state index contributed by atoms with van der Waals surface area (Å²) < 4.78 is 11.3. The van der Waals surface area contributed by atoms with Crippen molar-refractivity contribution in [2.75, 3.05) is 7.11 Å². The molecule has 3 aromatic rings. The van der Waals surface area contributed by atoms with Gasteiger partial charge in [0, 0.05) is 5.02 Å². The molecule has 0 amide bonds. The van der Waals surface area contributed by atoms with Crippen LogP contribution in [0.2, 0.25) is 15.1 Å². The van der Waals surface area contributed by atoms with Crippen LogP contribution in [-0.2, 0) is 6.61 Å². The van der Waals surface area contributed by atoms with E-state index in [1.807, 2.05) is 42.5 Å². The summed E-state index contributed by atoms with van der Waals surface area (Å²) in [5.74, 6) is 1.17. The van der Waals surface area contributed by atoms with Crippen LogP contribution in [0, 0.1) is 11.3 Å². The number of methoxy groups -OCH3 is 1. The van der Waals surface area contributed by atoms with Crippen LogP contribution in [0.1, 0.15) is 16.7 Å². The zero-order chi connectivity index (χ0) is 20.8. The van der Waals surface area contributed by atoms with E-state index in [-0.39, 0.29) is 0 Å². The number of nitriles is 1. The first kappa shape index (κ1) is 21.1. The first-order valence-corrected chi connectivity index (χ1v) is 9.76. The number of ether oxygens (including phenoxy) is 2. The molecule has 0 N–H and O–H groups in total. The second-order valence-electron chi connectivity index (χ2n) is 6.12. The molecule has 6 heteroatoms. The van der Waals surface area contributed by atoms with Crippen molar-refractivity contribution in [3.63, 3.8) is 0 Å². The Morgan fingerprint density at radius 2 is 1.69 bits per heavy atom. The molecule has 0 bridgehead atoms. The molecule has 29 heavy (non-hydrogen) atoms. The van der Waals surface area contributed by atoms with Gasteiger partial charge in [-0.3, -0.25) is 0 Å². The molecule has 0 aliphatic carbocycles. The fourth-order valence-electron chi connectivity index (χ4n) is 2.65. The first-order valence-electron chi connectivity index (χ1n) is 8.62. The lowest BCUT2D eigenvalue weighted by molar-refractivity contribution is 0.284. The molecule has 3 nitrogen and oxygen atoms in total. The lowest BCUT2D eigenvalue weighted by Gasteiger charge is -2.12.